The van der Waals surface area contributed by atoms with Gasteiger partial charge in [-0.1, -0.05) is 0 Å². The van der Waals surface area contributed by atoms with Gasteiger partial charge in [-0.05, 0) is 13.8 Å². The molecule has 1 atom stereocenters. The van der Waals surface area contributed by atoms with Gasteiger partial charge in [0.05, 0.1) is 5.60 Å². The fraction of sp³-hybridized carbons (Fsp3) is 0.800. The van der Waals surface area contributed by atoms with Crippen molar-refractivity contribution < 1.29 is 14.7 Å². The molecular weight excluding hydrogens is 136 g/mol. The molecule has 0 saturated carbocycles. The Hall–Kier alpha value is -0.650. The van der Waals surface area contributed by atoms with Crippen LogP contribution in [-0.2, 0) is 9.63 Å². The van der Waals surface area contributed by atoms with E-state index in [1.807, 2.05) is 0 Å². The van der Waals surface area contributed by atoms with E-state index in [0.717, 1.165) is 0 Å². The van der Waals surface area contributed by atoms with Gasteiger partial charge in [0.2, 0.25) is 0 Å². The highest BCUT2D eigenvalue weighted by Crippen LogP contribution is 2.06. The van der Waals surface area contributed by atoms with Crippen molar-refractivity contribution in [3.8, 4) is 0 Å². The Balaban J connectivity index is 4.08. The van der Waals surface area contributed by atoms with Crippen LogP contribution in [0.2, 0.25) is 0 Å². The van der Waals surface area contributed by atoms with Gasteiger partial charge in [0.1, 0.15) is 6.04 Å². The van der Waals surface area contributed by atoms with E-state index in [0.29, 0.717) is 0 Å². The molecule has 5 heteroatoms. The second-order valence-corrected chi connectivity index (χ2v) is 2.57. The van der Waals surface area contributed by atoms with Crippen molar-refractivity contribution >= 4 is 5.97 Å². The van der Waals surface area contributed by atoms with Crippen LogP contribution < -0.4 is 11.6 Å². The Bertz CT molecular complexity index is 129. The zero-order valence-corrected chi connectivity index (χ0v) is 6.00. The summed E-state index contributed by atoms with van der Waals surface area (Å²) in [6, 6.07) is -1.10. The second kappa shape index (κ2) is 2.96. The minimum absolute atomic E-state index is 0.826. The van der Waals surface area contributed by atoms with Crippen LogP contribution in [0.1, 0.15) is 13.8 Å². The highest BCUT2D eigenvalue weighted by molar-refractivity contribution is 5.76. The van der Waals surface area contributed by atoms with Crippen molar-refractivity contribution in [2.75, 3.05) is 0 Å². The van der Waals surface area contributed by atoms with Crippen LogP contribution in [0.5, 0.6) is 0 Å². The van der Waals surface area contributed by atoms with Crippen LogP contribution in [0.25, 0.3) is 0 Å². The van der Waals surface area contributed by atoms with Crippen LogP contribution in [-0.4, -0.2) is 22.7 Å². The topological polar surface area (TPSA) is 98.6 Å². The van der Waals surface area contributed by atoms with Crippen LogP contribution in [0.3, 0.4) is 0 Å². The summed E-state index contributed by atoms with van der Waals surface area (Å²) in [6.45, 7) is 2.79. The normalized spacial score (nSPS) is 14.5. The van der Waals surface area contributed by atoms with E-state index in [4.69, 9.17) is 10.8 Å². The summed E-state index contributed by atoms with van der Waals surface area (Å²) in [5, 5.41) is 9.11. The lowest BCUT2D eigenvalue weighted by atomic mass is 10.0. The number of carbonyl (C=O) groups is 1. The number of carbonyl (C=O) groups excluding carboxylic acids is 1. The SMILES string of the molecule is CC(C)(O)[C@H](N)C(=O)ON. The van der Waals surface area contributed by atoms with E-state index in [-0.39, 0.29) is 0 Å². The standard InChI is InChI=1S/C5H12N2O3/c1-5(2,9)3(6)4(8)10-7/h3,9H,6-7H2,1-2H3/t3-/m1/s1. The predicted octanol–water partition coefficient (Wildman–Crippen LogP) is -1.50. The molecule has 10 heavy (non-hydrogen) atoms. The van der Waals surface area contributed by atoms with Gasteiger partial charge in [-0.2, -0.15) is 5.90 Å². The molecule has 0 bridgehead atoms. The fourth-order valence-corrected chi connectivity index (χ4v) is 0.362. The maximum absolute atomic E-state index is 10.5. The maximum atomic E-state index is 10.5. The lowest BCUT2D eigenvalue weighted by molar-refractivity contribution is -0.151. The van der Waals surface area contributed by atoms with Crippen molar-refractivity contribution in [3.05, 3.63) is 0 Å². The quantitative estimate of drug-likeness (QED) is 0.414. The van der Waals surface area contributed by atoms with Crippen molar-refractivity contribution in [2.24, 2.45) is 11.6 Å². The first kappa shape index (κ1) is 9.35. The van der Waals surface area contributed by atoms with Crippen molar-refractivity contribution in [1.29, 1.82) is 0 Å². The molecule has 0 radical (unpaired) electrons. The predicted molar refractivity (Wildman–Crippen MR) is 34.6 cm³/mol. The molecule has 0 fully saturated rings. The molecule has 0 saturated heterocycles. The first-order valence-electron chi connectivity index (χ1n) is 2.78. The zero-order chi connectivity index (χ0) is 8.36. The molecule has 0 aliphatic heterocycles. The third-order valence-corrected chi connectivity index (χ3v) is 1.13. The number of rotatable bonds is 2. The number of aliphatic hydroxyl groups is 1. The lowest BCUT2D eigenvalue weighted by Gasteiger charge is -2.22. The third kappa shape index (κ3) is 2.30. The van der Waals surface area contributed by atoms with E-state index in [2.05, 4.69) is 10.7 Å². The summed E-state index contributed by atoms with van der Waals surface area (Å²) in [5.41, 5.74) is 3.91. The Morgan fingerprint density at radius 3 is 2.20 bits per heavy atom. The van der Waals surface area contributed by atoms with Gasteiger partial charge >= 0.3 is 5.97 Å². The summed E-state index contributed by atoms with van der Waals surface area (Å²) >= 11 is 0. The Labute approximate surface area is 58.9 Å². The van der Waals surface area contributed by atoms with Gasteiger partial charge < -0.3 is 15.7 Å². The average Bonchev–Trinajstić information content (AvgIpc) is 1.83. The van der Waals surface area contributed by atoms with Crippen LogP contribution >= 0.6 is 0 Å². The summed E-state index contributed by atoms with van der Waals surface area (Å²) in [6.07, 6.45) is 0. The Morgan fingerprint density at radius 2 is 2.10 bits per heavy atom. The summed E-state index contributed by atoms with van der Waals surface area (Å²) < 4.78 is 0. The zero-order valence-electron chi connectivity index (χ0n) is 6.00. The van der Waals surface area contributed by atoms with Gasteiger partial charge in [0.25, 0.3) is 0 Å². The third-order valence-electron chi connectivity index (χ3n) is 1.13. The highest BCUT2D eigenvalue weighted by Gasteiger charge is 2.30. The molecule has 0 aliphatic carbocycles. The molecule has 5 nitrogen and oxygen atoms in total. The Kier molecular flexibility index (Phi) is 2.77. The molecular formula is C5H12N2O3. The fourth-order valence-electron chi connectivity index (χ4n) is 0.362. The number of hydrogen-bond acceptors (Lipinski definition) is 5. The molecule has 0 aromatic heterocycles. The Morgan fingerprint density at radius 1 is 1.70 bits per heavy atom. The van der Waals surface area contributed by atoms with Crippen molar-refractivity contribution in [3.63, 3.8) is 0 Å². The molecule has 60 valence electrons. The lowest BCUT2D eigenvalue weighted by Crippen LogP contribution is -2.50. The van der Waals surface area contributed by atoms with E-state index in [9.17, 15) is 4.79 Å². The minimum atomic E-state index is -1.30. The summed E-state index contributed by atoms with van der Waals surface area (Å²) in [4.78, 5) is 14.3. The summed E-state index contributed by atoms with van der Waals surface area (Å²) in [5.74, 6) is 3.70. The highest BCUT2D eigenvalue weighted by atomic mass is 16.7. The molecule has 0 aromatic carbocycles. The molecule has 0 rings (SSSR count). The molecule has 5 N–H and O–H groups in total. The maximum Gasteiger partial charge on any atom is 0.344 e. The first-order valence-corrected chi connectivity index (χ1v) is 2.78. The van der Waals surface area contributed by atoms with Gasteiger partial charge in [-0.15, -0.1) is 0 Å². The van der Waals surface area contributed by atoms with Crippen LogP contribution in [0.4, 0.5) is 0 Å². The molecule has 0 spiro atoms. The van der Waals surface area contributed by atoms with Crippen LogP contribution in [0.15, 0.2) is 0 Å². The first-order chi connectivity index (χ1) is 4.39. The van der Waals surface area contributed by atoms with Crippen LogP contribution in [0, 0.1) is 0 Å². The van der Waals surface area contributed by atoms with Crippen molar-refractivity contribution in [1.82, 2.24) is 0 Å². The monoisotopic (exact) mass is 148 g/mol. The van der Waals surface area contributed by atoms with E-state index < -0.39 is 17.6 Å². The second-order valence-electron chi connectivity index (χ2n) is 2.57. The number of hydrogen-bond donors (Lipinski definition) is 3. The van der Waals surface area contributed by atoms with E-state index >= 15 is 0 Å². The average molecular weight is 148 g/mol. The van der Waals surface area contributed by atoms with Gasteiger partial charge in [-0.3, -0.25) is 0 Å². The number of nitrogens with two attached hydrogens (primary N) is 2. The van der Waals surface area contributed by atoms with E-state index in [1.54, 1.807) is 0 Å². The largest absolute Gasteiger partial charge is 0.388 e. The van der Waals surface area contributed by atoms with Crippen molar-refractivity contribution in [2.45, 2.75) is 25.5 Å². The van der Waals surface area contributed by atoms with E-state index in [1.165, 1.54) is 13.8 Å². The van der Waals surface area contributed by atoms with Gasteiger partial charge in [0, 0.05) is 0 Å². The minimum Gasteiger partial charge on any atom is -0.388 e. The summed E-state index contributed by atoms with van der Waals surface area (Å²) in [7, 11) is 0. The smallest absolute Gasteiger partial charge is 0.344 e. The van der Waals surface area contributed by atoms with Gasteiger partial charge in [0.15, 0.2) is 0 Å². The molecule has 0 aliphatic rings. The molecule has 0 aromatic rings. The molecule has 0 heterocycles. The van der Waals surface area contributed by atoms with Gasteiger partial charge in [-0.25, -0.2) is 4.79 Å². The molecule has 0 unspecified atom stereocenters. The molecule has 0 amide bonds.